The van der Waals surface area contributed by atoms with Gasteiger partial charge in [-0.1, -0.05) is 32.9 Å². The summed E-state index contributed by atoms with van der Waals surface area (Å²) in [4.78, 5) is 11.0. The summed E-state index contributed by atoms with van der Waals surface area (Å²) in [6.45, 7) is 8.49. The molecular weight excluding hydrogens is 296 g/mol. The summed E-state index contributed by atoms with van der Waals surface area (Å²) >= 11 is 3.53. The quantitative estimate of drug-likeness (QED) is 0.846. The van der Waals surface area contributed by atoms with Crippen molar-refractivity contribution < 1.29 is 4.74 Å². The van der Waals surface area contributed by atoms with Crippen molar-refractivity contribution in [2.45, 2.75) is 33.8 Å². The van der Waals surface area contributed by atoms with E-state index in [0.29, 0.717) is 0 Å². The van der Waals surface area contributed by atoms with Crippen LogP contribution in [0.25, 0.3) is 11.3 Å². The van der Waals surface area contributed by atoms with Crippen LogP contribution in [0.15, 0.2) is 41.2 Å². The highest BCUT2D eigenvalue weighted by Crippen LogP contribution is 2.27. The molecule has 22 heavy (non-hydrogen) atoms. The van der Waals surface area contributed by atoms with Crippen molar-refractivity contribution in [3.63, 3.8) is 0 Å². The maximum absolute atomic E-state index is 11.0. The number of nitrogens with zero attached hydrogens (tertiary/aromatic N) is 1. The maximum Gasteiger partial charge on any atom is 0.264 e. The second kappa shape index (κ2) is 8.03. The second-order valence-electron chi connectivity index (χ2n) is 5.96. The zero-order valence-corrected chi connectivity index (χ0v) is 14.6. The van der Waals surface area contributed by atoms with Gasteiger partial charge < -0.3 is 4.74 Å². The van der Waals surface area contributed by atoms with Crippen LogP contribution >= 0.6 is 12.6 Å². The van der Waals surface area contributed by atoms with Crippen LogP contribution in [0.5, 0.6) is 5.75 Å². The summed E-state index contributed by atoms with van der Waals surface area (Å²) < 4.78 is 5.96. The van der Waals surface area contributed by atoms with Crippen molar-refractivity contribution in [1.82, 2.24) is 10.2 Å². The zero-order valence-electron chi connectivity index (χ0n) is 13.8. The summed E-state index contributed by atoms with van der Waals surface area (Å²) in [5, 5.41) is 6.46. The summed E-state index contributed by atoms with van der Waals surface area (Å²) in [6, 6.07) is 10.9. The Morgan fingerprint density at radius 2 is 1.86 bits per heavy atom. The van der Waals surface area contributed by atoms with E-state index in [1.54, 1.807) is 12.3 Å². The fourth-order valence-corrected chi connectivity index (χ4v) is 1.61. The molecule has 1 unspecified atom stereocenters. The van der Waals surface area contributed by atoms with Crippen LogP contribution in [0.3, 0.4) is 0 Å². The van der Waals surface area contributed by atoms with Crippen LogP contribution in [0.1, 0.15) is 27.7 Å². The lowest BCUT2D eigenvalue weighted by molar-refractivity contribution is 0.104. The van der Waals surface area contributed by atoms with Gasteiger partial charge in [0.1, 0.15) is 11.9 Å². The Morgan fingerprint density at radius 1 is 1.18 bits per heavy atom. The molecule has 1 N–H and O–H groups in total. The molecule has 0 bridgehead atoms. The fraction of sp³-hybridized carbons (Fsp3) is 0.412. The van der Waals surface area contributed by atoms with Gasteiger partial charge >= 0.3 is 0 Å². The zero-order chi connectivity index (χ0) is 16.8. The lowest BCUT2D eigenvalue weighted by Gasteiger charge is -2.28. The average molecular weight is 320 g/mol. The number of H-pyrrole nitrogens is 1. The van der Waals surface area contributed by atoms with Crippen LogP contribution in [0.2, 0.25) is 0 Å². The van der Waals surface area contributed by atoms with Gasteiger partial charge in [-0.3, -0.25) is 4.79 Å². The first-order chi connectivity index (χ1) is 10.4. The molecule has 1 heterocycles. The molecule has 0 aliphatic carbocycles. The number of benzene rings is 1. The third kappa shape index (κ3) is 5.22. The molecule has 5 heteroatoms. The van der Waals surface area contributed by atoms with E-state index in [0.717, 1.165) is 17.0 Å². The van der Waals surface area contributed by atoms with E-state index in [1.165, 1.54) is 6.07 Å². The van der Waals surface area contributed by atoms with Crippen molar-refractivity contribution >= 4 is 12.6 Å². The Labute approximate surface area is 137 Å². The van der Waals surface area contributed by atoms with Gasteiger partial charge in [0.2, 0.25) is 0 Å². The minimum Gasteiger partial charge on any atom is -0.490 e. The fourth-order valence-electron chi connectivity index (χ4n) is 1.61. The largest absolute Gasteiger partial charge is 0.490 e. The minimum atomic E-state index is -0.206. The summed E-state index contributed by atoms with van der Waals surface area (Å²) in [5.74, 6) is 0.804. The van der Waals surface area contributed by atoms with Crippen molar-refractivity contribution in [1.29, 1.82) is 0 Å². The van der Waals surface area contributed by atoms with E-state index in [2.05, 4.69) is 50.5 Å². The summed E-state index contributed by atoms with van der Waals surface area (Å²) in [5.41, 5.74) is 1.51. The average Bonchev–Trinajstić information content (AvgIpc) is 2.49. The summed E-state index contributed by atoms with van der Waals surface area (Å²) in [6.07, 6.45) is 1.79. The molecule has 0 radical (unpaired) electrons. The first-order valence-corrected chi connectivity index (χ1v) is 8.03. The van der Waals surface area contributed by atoms with E-state index in [9.17, 15) is 4.79 Å². The predicted octanol–water partition coefficient (Wildman–Crippen LogP) is 3.80. The van der Waals surface area contributed by atoms with E-state index >= 15 is 0 Å². The molecule has 1 atom stereocenters. The number of hydrogen-bond donors (Lipinski definition) is 2. The van der Waals surface area contributed by atoms with E-state index < -0.39 is 0 Å². The van der Waals surface area contributed by atoms with Crippen molar-refractivity contribution in [2.75, 3.05) is 6.26 Å². The van der Waals surface area contributed by atoms with Crippen molar-refractivity contribution in [3.05, 3.63) is 46.8 Å². The van der Waals surface area contributed by atoms with Gasteiger partial charge in [-0.2, -0.15) is 17.7 Å². The van der Waals surface area contributed by atoms with Gasteiger partial charge in [0.05, 0.1) is 5.69 Å². The third-order valence-corrected chi connectivity index (χ3v) is 3.34. The molecule has 0 saturated carbocycles. The van der Waals surface area contributed by atoms with E-state index in [4.69, 9.17) is 4.74 Å². The normalized spacial score (nSPS) is 12.1. The first-order valence-electron chi connectivity index (χ1n) is 7.14. The molecule has 0 fully saturated rings. The molecule has 2 aromatic rings. The van der Waals surface area contributed by atoms with E-state index in [-0.39, 0.29) is 17.1 Å². The number of thiol groups is 1. The Bertz CT molecular complexity index is 627. The monoisotopic (exact) mass is 320 g/mol. The highest BCUT2D eigenvalue weighted by atomic mass is 32.1. The Kier molecular flexibility index (Phi) is 6.68. The minimum absolute atomic E-state index is 0.0756. The number of hydrogen-bond acceptors (Lipinski definition) is 4. The molecule has 0 amide bonds. The lowest BCUT2D eigenvalue weighted by atomic mass is 9.90. The third-order valence-electron chi connectivity index (χ3n) is 3.34. The highest BCUT2D eigenvalue weighted by molar-refractivity contribution is 7.79. The molecule has 0 spiro atoms. The van der Waals surface area contributed by atoms with Crippen LogP contribution in [0, 0.1) is 5.41 Å². The SMILES string of the molecule is CC(Oc1cccc(-c2ccc(=O)[nH]n2)c1)C(C)(C)C.CS. The Balaban J connectivity index is 0.00000116. The summed E-state index contributed by atoms with van der Waals surface area (Å²) in [7, 11) is 0. The molecule has 1 aromatic carbocycles. The second-order valence-corrected chi connectivity index (χ2v) is 5.96. The van der Waals surface area contributed by atoms with Gasteiger partial charge in [-0.15, -0.1) is 0 Å². The maximum atomic E-state index is 11.0. The van der Waals surface area contributed by atoms with Crippen molar-refractivity contribution in [3.8, 4) is 17.0 Å². The molecule has 0 saturated heterocycles. The van der Waals surface area contributed by atoms with Gasteiger partial charge in [0.15, 0.2) is 0 Å². The number of ether oxygens (including phenoxy) is 1. The number of rotatable bonds is 3. The van der Waals surface area contributed by atoms with Crippen LogP contribution in [0.4, 0.5) is 0 Å². The van der Waals surface area contributed by atoms with E-state index in [1.807, 2.05) is 24.3 Å². The van der Waals surface area contributed by atoms with Gasteiger partial charge in [0, 0.05) is 11.6 Å². The standard InChI is InChI=1S/C16H20N2O2.CH4S/c1-11(16(2,3)4)20-13-7-5-6-12(10-13)14-8-9-15(19)18-17-14;1-2/h5-11H,1-4H3,(H,18,19);2H,1H3. The Hall–Kier alpha value is -1.75. The topological polar surface area (TPSA) is 55.0 Å². The first kappa shape index (κ1) is 18.3. The molecule has 2 rings (SSSR count). The number of aromatic nitrogens is 2. The van der Waals surface area contributed by atoms with Crippen LogP contribution in [-0.2, 0) is 0 Å². The Morgan fingerprint density at radius 3 is 2.41 bits per heavy atom. The molecule has 0 aliphatic heterocycles. The molecule has 0 aliphatic rings. The molecule has 4 nitrogen and oxygen atoms in total. The smallest absolute Gasteiger partial charge is 0.264 e. The lowest BCUT2D eigenvalue weighted by Crippen LogP contribution is -2.28. The van der Waals surface area contributed by atoms with Gasteiger partial charge in [0.25, 0.3) is 5.56 Å². The van der Waals surface area contributed by atoms with Crippen LogP contribution in [-0.4, -0.2) is 22.6 Å². The van der Waals surface area contributed by atoms with Gasteiger partial charge in [-0.05, 0) is 36.8 Å². The van der Waals surface area contributed by atoms with Crippen molar-refractivity contribution in [2.24, 2.45) is 5.41 Å². The predicted molar refractivity (Wildman–Crippen MR) is 94.7 cm³/mol. The number of nitrogens with one attached hydrogen (secondary N) is 1. The van der Waals surface area contributed by atoms with Gasteiger partial charge in [-0.25, -0.2) is 5.10 Å². The molecule has 120 valence electrons. The molecular formula is C17H24N2O2S. The number of aromatic amines is 1. The highest BCUT2D eigenvalue weighted by Gasteiger charge is 2.21. The van der Waals surface area contributed by atoms with Crippen LogP contribution < -0.4 is 10.3 Å². The molecule has 1 aromatic heterocycles.